The molecule has 1 aliphatic rings. The Morgan fingerprint density at radius 3 is 3.12 bits per heavy atom. The minimum absolute atomic E-state index is 0.126. The Kier molecular flexibility index (Phi) is 3.61. The molecule has 0 aliphatic carbocycles. The summed E-state index contributed by atoms with van der Waals surface area (Å²) in [5.41, 5.74) is 0.126. The predicted octanol–water partition coefficient (Wildman–Crippen LogP) is 2.41. The van der Waals surface area contributed by atoms with E-state index in [-0.39, 0.29) is 5.69 Å². The molecule has 1 fully saturated rings. The van der Waals surface area contributed by atoms with Gasteiger partial charge in [-0.15, -0.1) is 0 Å². The van der Waals surface area contributed by atoms with E-state index in [4.69, 9.17) is 5.11 Å². The van der Waals surface area contributed by atoms with Crippen molar-refractivity contribution < 1.29 is 9.90 Å². The van der Waals surface area contributed by atoms with Crippen molar-refractivity contribution in [3.63, 3.8) is 0 Å². The summed E-state index contributed by atoms with van der Waals surface area (Å²) >= 11 is 0. The number of aromatic carboxylic acids is 1. The number of anilines is 1. The molecule has 0 spiro atoms. The topological polar surface area (TPSA) is 53.4 Å². The van der Waals surface area contributed by atoms with Gasteiger partial charge in [0, 0.05) is 13.1 Å². The van der Waals surface area contributed by atoms with Crippen molar-refractivity contribution in [1.29, 1.82) is 0 Å². The van der Waals surface area contributed by atoms with E-state index in [2.05, 4.69) is 16.8 Å². The smallest absolute Gasteiger partial charge is 0.354 e. The zero-order valence-electron chi connectivity index (χ0n) is 10.1. The van der Waals surface area contributed by atoms with Gasteiger partial charge in [0.2, 0.25) is 0 Å². The first-order valence-corrected chi connectivity index (χ1v) is 6.16. The number of aromatic nitrogens is 1. The van der Waals surface area contributed by atoms with Gasteiger partial charge in [-0.25, -0.2) is 9.78 Å². The van der Waals surface area contributed by atoms with Crippen LogP contribution in [0.15, 0.2) is 18.2 Å². The lowest BCUT2D eigenvalue weighted by Crippen LogP contribution is -2.35. The maximum atomic E-state index is 10.9. The van der Waals surface area contributed by atoms with Gasteiger partial charge in [0.25, 0.3) is 0 Å². The fourth-order valence-corrected chi connectivity index (χ4v) is 2.32. The van der Waals surface area contributed by atoms with Crippen LogP contribution in [-0.4, -0.2) is 29.1 Å². The second-order valence-corrected chi connectivity index (χ2v) is 4.55. The van der Waals surface area contributed by atoms with Crippen molar-refractivity contribution in [2.45, 2.75) is 26.2 Å². The van der Waals surface area contributed by atoms with Crippen molar-refractivity contribution in [2.75, 3.05) is 18.0 Å². The highest BCUT2D eigenvalue weighted by atomic mass is 16.4. The van der Waals surface area contributed by atoms with Gasteiger partial charge in [-0.3, -0.25) is 0 Å². The minimum Gasteiger partial charge on any atom is -0.477 e. The van der Waals surface area contributed by atoms with Crippen LogP contribution in [0.4, 0.5) is 5.82 Å². The number of hydrogen-bond acceptors (Lipinski definition) is 3. The standard InChI is InChI=1S/C13H18N2O2/c1-2-10-5-4-8-15(9-10)12-7-3-6-11(14-12)13(16)17/h3,6-7,10H,2,4-5,8-9H2,1H3,(H,16,17). The third-order valence-electron chi connectivity index (χ3n) is 3.37. The Hall–Kier alpha value is -1.58. The van der Waals surface area contributed by atoms with Crippen LogP contribution >= 0.6 is 0 Å². The summed E-state index contributed by atoms with van der Waals surface area (Å²) < 4.78 is 0. The number of piperidine rings is 1. The summed E-state index contributed by atoms with van der Waals surface area (Å²) in [5.74, 6) is 0.540. The first kappa shape index (κ1) is 11.9. The summed E-state index contributed by atoms with van der Waals surface area (Å²) in [6.45, 7) is 4.18. The molecule has 0 aromatic carbocycles. The van der Waals surface area contributed by atoms with Crippen molar-refractivity contribution in [1.82, 2.24) is 4.98 Å². The molecule has 92 valence electrons. The quantitative estimate of drug-likeness (QED) is 0.872. The van der Waals surface area contributed by atoms with E-state index in [0.717, 1.165) is 25.3 Å². The Labute approximate surface area is 101 Å². The van der Waals surface area contributed by atoms with Gasteiger partial charge in [0.1, 0.15) is 5.82 Å². The molecule has 1 aliphatic heterocycles. The summed E-state index contributed by atoms with van der Waals surface area (Å²) in [5, 5.41) is 8.92. The van der Waals surface area contributed by atoms with Crippen LogP contribution in [0.2, 0.25) is 0 Å². The summed E-state index contributed by atoms with van der Waals surface area (Å²) in [7, 11) is 0. The lowest BCUT2D eigenvalue weighted by molar-refractivity contribution is 0.0690. The molecule has 4 heteroatoms. The number of pyridine rings is 1. The van der Waals surface area contributed by atoms with Gasteiger partial charge in [0.05, 0.1) is 0 Å². The van der Waals surface area contributed by atoms with Gasteiger partial charge in [-0.05, 0) is 30.9 Å². The fraction of sp³-hybridized carbons (Fsp3) is 0.538. The molecule has 4 nitrogen and oxygen atoms in total. The Bertz CT molecular complexity index is 406. The molecule has 0 bridgehead atoms. The molecule has 0 radical (unpaired) electrons. The number of carboxylic acids is 1. The summed E-state index contributed by atoms with van der Waals surface area (Å²) in [6, 6.07) is 5.19. The molecule has 2 rings (SSSR count). The number of carboxylic acid groups (broad SMARTS) is 1. The van der Waals surface area contributed by atoms with Crippen LogP contribution in [-0.2, 0) is 0 Å². The zero-order valence-corrected chi connectivity index (χ0v) is 10.1. The van der Waals surface area contributed by atoms with Crippen LogP contribution < -0.4 is 4.90 Å². The van der Waals surface area contributed by atoms with Gasteiger partial charge in [-0.2, -0.15) is 0 Å². The Morgan fingerprint density at radius 1 is 1.59 bits per heavy atom. The molecule has 17 heavy (non-hydrogen) atoms. The highest BCUT2D eigenvalue weighted by Crippen LogP contribution is 2.23. The Morgan fingerprint density at radius 2 is 2.41 bits per heavy atom. The van der Waals surface area contributed by atoms with E-state index >= 15 is 0 Å². The zero-order chi connectivity index (χ0) is 12.3. The maximum Gasteiger partial charge on any atom is 0.354 e. The van der Waals surface area contributed by atoms with Gasteiger partial charge >= 0.3 is 5.97 Å². The Balaban J connectivity index is 2.16. The van der Waals surface area contributed by atoms with Crippen molar-refractivity contribution in [3.8, 4) is 0 Å². The van der Waals surface area contributed by atoms with Gasteiger partial charge in [-0.1, -0.05) is 19.4 Å². The van der Waals surface area contributed by atoms with Gasteiger partial charge in [0.15, 0.2) is 5.69 Å². The first-order valence-electron chi connectivity index (χ1n) is 6.16. The monoisotopic (exact) mass is 234 g/mol. The molecule has 1 saturated heterocycles. The van der Waals surface area contributed by atoms with E-state index in [1.807, 2.05) is 6.07 Å². The van der Waals surface area contributed by atoms with E-state index in [1.54, 1.807) is 6.07 Å². The molecule has 1 aromatic rings. The number of hydrogen-bond donors (Lipinski definition) is 1. The van der Waals surface area contributed by atoms with E-state index in [9.17, 15) is 4.79 Å². The lowest BCUT2D eigenvalue weighted by atomic mass is 9.96. The highest BCUT2D eigenvalue weighted by Gasteiger charge is 2.20. The van der Waals surface area contributed by atoms with Crippen LogP contribution in [0.3, 0.4) is 0 Å². The SMILES string of the molecule is CCC1CCCN(c2cccc(C(=O)O)n2)C1. The average molecular weight is 234 g/mol. The second-order valence-electron chi connectivity index (χ2n) is 4.55. The van der Waals surface area contributed by atoms with Crippen molar-refractivity contribution >= 4 is 11.8 Å². The molecule has 1 unspecified atom stereocenters. The van der Waals surface area contributed by atoms with E-state index in [1.165, 1.54) is 18.9 Å². The number of carbonyl (C=O) groups is 1. The fourth-order valence-electron chi connectivity index (χ4n) is 2.32. The summed E-state index contributed by atoms with van der Waals surface area (Å²) in [4.78, 5) is 17.3. The van der Waals surface area contributed by atoms with E-state index < -0.39 is 5.97 Å². The van der Waals surface area contributed by atoms with Gasteiger partial charge < -0.3 is 10.0 Å². The molecule has 0 saturated carbocycles. The highest BCUT2D eigenvalue weighted by molar-refractivity contribution is 5.85. The average Bonchev–Trinajstić information content (AvgIpc) is 2.39. The number of nitrogens with zero attached hydrogens (tertiary/aromatic N) is 2. The largest absolute Gasteiger partial charge is 0.477 e. The number of rotatable bonds is 3. The molecular weight excluding hydrogens is 216 g/mol. The predicted molar refractivity (Wildman–Crippen MR) is 66.4 cm³/mol. The molecule has 0 amide bonds. The van der Waals surface area contributed by atoms with Crippen molar-refractivity contribution in [2.24, 2.45) is 5.92 Å². The summed E-state index contributed by atoms with van der Waals surface area (Å²) in [6.07, 6.45) is 3.61. The molecular formula is C13H18N2O2. The maximum absolute atomic E-state index is 10.9. The van der Waals surface area contributed by atoms with Crippen LogP contribution in [0.1, 0.15) is 36.7 Å². The third-order valence-corrected chi connectivity index (χ3v) is 3.37. The van der Waals surface area contributed by atoms with Crippen LogP contribution in [0.5, 0.6) is 0 Å². The first-order chi connectivity index (χ1) is 8.20. The van der Waals surface area contributed by atoms with Crippen molar-refractivity contribution in [3.05, 3.63) is 23.9 Å². The molecule has 1 N–H and O–H groups in total. The normalized spacial score (nSPS) is 20.3. The minimum atomic E-state index is -0.962. The molecule has 1 atom stereocenters. The lowest BCUT2D eigenvalue weighted by Gasteiger charge is -2.33. The molecule has 2 heterocycles. The van der Waals surface area contributed by atoms with E-state index in [0.29, 0.717) is 5.92 Å². The second kappa shape index (κ2) is 5.17. The van der Waals surface area contributed by atoms with Crippen LogP contribution in [0.25, 0.3) is 0 Å². The third kappa shape index (κ3) is 2.75. The molecule has 1 aromatic heterocycles. The van der Waals surface area contributed by atoms with Crippen LogP contribution in [0, 0.1) is 5.92 Å².